The molecule has 0 bridgehead atoms. The van der Waals surface area contributed by atoms with Crippen molar-refractivity contribution >= 4 is 28.8 Å². The Labute approximate surface area is 103 Å². The van der Waals surface area contributed by atoms with Crippen LogP contribution in [0.1, 0.15) is 22.5 Å². The Balaban J connectivity index is 2.07. The van der Waals surface area contributed by atoms with Crippen molar-refractivity contribution < 1.29 is 9.90 Å². The Kier molecular flexibility index (Phi) is 3.33. The molecule has 0 spiro atoms. The summed E-state index contributed by atoms with van der Waals surface area (Å²) in [5.41, 5.74) is -0.520. The molecule has 0 saturated heterocycles. The average Bonchev–Trinajstić information content (AvgIpc) is 2.88. The van der Waals surface area contributed by atoms with Crippen LogP contribution in [0.2, 0.25) is 4.34 Å². The van der Waals surface area contributed by atoms with Gasteiger partial charge < -0.3 is 10.4 Å². The summed E-state index contributed by atoms with van der Waals surface area (Å²) in [6.45, 7) is -0.0507. The molecule has 2 N–H and O–H groups in total. The van der Waals surface area contributed by atoms with Crippen molar-refractivity contribution in [3.63, 3.8) is 0 Å². The van der Waals surface area contributed by atoms with Crippen LogP contribution in [0.5, 0.6) is 0 Å². The minimum absolute atomic E-state index is 0.0507. The number of aliphatic hydroxyl groups is 1. The van der Waals surface area contributed by atoms with Gasteiger partial charge in [0.25, 0.3) is 5.91 Å². The van der Waals surface area contributed by atoms with E-state index in [2.05, 4.69) is 5.32 Å². The summed E-state index contributed by atoms with van der Waals surface area (Å²) in [6.07, 6.45) is 5.29. The summed E-state index contributed by atoms with van der Waals surface area (Å²) in [4.78, 5) is 12.5. The van der Waals surface area contributed by atoms with Crippen LogP contribution in [0.15, 0.2) is 24.3 Å². The predicted molar refractivity (Wildman–Crippen MR) is 65.0 cm³/mol. The van der Waals surface area contributed by atoms with Gasteiger partial charge in [-0.25, -0.2) is 0 Å². The van der Waals surface area contributed by atoms with Gasteiger partial charge in [0, 0.05) is 0 Å². The molecule has 0 fully saturated rings. The average molecular weight is 258 g/mol. The van der Waals surface area contributed by atoms with Crippen LogP contribution in [0, 0.1) is 0 Å². The van der Waals surface area contributed by atoms with Gasteiger partial charge in [-0.05, 0) is 25.0 Å². The Morgan fingerprint density at radius 3 is 2.69 bits per heavy atom. The number of rotatable bonds is 3. The highest BCUT2D eigenvalue weighted by molar-refractivity contribution is 7.18. The molecule has 2 rings (SSSR count). The minimum atomic E-state index is -0.520. The van der Waals surface area contributed by atoms with E-state index in [0.29, 0.717) is 22.1 Å². The maximum Gasteiger partial charge on any atom is 0.261 e. The largest absolute Gasteiger partial charge is 0.394 e. The van der Waals surface area contributed by atoms with Crippen LogP contribution < -0.4 is 5.32 Å². The Bertz CT molecular complexity index is 419. The number of amides is 1. The molecular weight excluding hydrogens is 246 g/mol. The van der Waals surface area contributed by atoms with Crippen molar-refractivity contribution in [1.29, 1.82) is 0 Å². The van der Waals surface area contributed by atoms with Crippen molar-refractivity contribution in [2.75, 3.05) is 6.61 Å². The van der Waals surface area contributed by atoms with E-state index in [1.165, 1.54) is 11.3 Å². The first kappa shape index (κ1) is 11.6. The monoisotopic (exact) mass is 257 g/mol. The quantitative estimate of drug-likeness (QED) is 0.816. The maximum absolute atomic E-state index is 11.9. The lowest BCUT2D eigenvalue weighted by Gasteiger charge is -2.27. The van der Waals surface area contributed by atoms with Gasteiger partial charge in [-0.2, -0.15) is 0 Å². The molecular formula is C11H12ClNO2S. The third-order valence-corrected chi connectivity index (χ3v) is 3.89. The van der Waals surface area contributed by atoms with E-state index in [1.807, 2.05) is 12.2 Å². The number of carbonyl (C=O) groups excluding carboxylic acids is 1. The molecule has 0 atom stereocenters. The zero-order valence-electron chi connectivity index (χ0n) is 8.57. The summed E-state index contributed by atoms with van der Waals surface area (Å²) < 4.78 is 0.591. The molecule has 0 aliphatic heterocycles. The van der Waals surface area contributed by atoms with Gasteiger partial charge in [0.15, 0.2) is 0 Å². The second-order valence-electron chi connectivity index (χ2n) is 3.88. The van der Waals surface area contributed by atoms with Crippen LogP contribution in [0.4, 0.5) is 0 Å². The molecule has 1 heterocycles. The van der Waals surface area contributed by atoms with Crippen molar-refractivity contribution in [2.24, 2.45) is 0 Å². The van der Waals surface area contributed by atoms with E-state index in [-0.39, 0.29) is 12.5 Å². The molecule has 86 valence electrons. The van der Waals surface area contributed by atoms with Gasteiger partial charge in [0.05, 0.1) is 21.4 Å². The highest BCUT2D eigenvalue weighted by Crippen LogP contribution is 2.26. The van der Waals surface area contributed by atoms with E-state index in [9.17, 15) is 9.90 Å². The number of carbonyl (C=O) groups is 1. The lowest BCUT2D eigenvalue weighted by Crippen LogP contribution is -2.49. The first-order valence-corrected chi connectivity index (χ1v) is 6.18. The fourth-order valence-corrected chi connectivity index (χ4v) is 2.65. The SMILES string of the molecule is O=C(NC1(CO)CC=CC1)c1ccc(Cl)s1. The van der Waals surface area contributed by atoms with Gasteiger partial charge in [0.2, 0.25) is 0 Å². The van der Waals surface area contributed by atoms with Gasteiger partial charge in [-0.15, -0.1) is 11.3 Å². The molecule has 0 saturated carbocycles. The maximum atomic E-state index is 11.9. The molecule has 1 amide bonds. The topological polar surface area (TPSA) is 49.3 Å². The van der Waals surface area contributed by atoms with Gasteiger partial charge in [-0.1, -0.05) is 23.8 Å². The zero-order chi connectivity index (χ0) is 11.6. The first-order chi connectivity index (χ1) is 7.65. The number of aliphatic hydroxyl groups excluding tert-OH is 1. The van der Waals surface area contributed by atoms with Gasteiger partial charge in [-0.3, -0.25) is 4.79 Å². The number of thiophene rings is 1. The second kappa shape index (κ2) is 4.57. The molecule has 0 unspecified atom stereocenters. The van der Waals surface area contributed by atoms with Crippen LogP contribution in [0.3, 0.4) is 0 Å². The van der Waals surface area contributed by atoms with Gasteiger partial charge >= 0.3 is 0 Å². The van der Waals surface area contributed by atoms with E-state index < -0.39 is 5.54 Å². The summed E-state index contributed by atoms with van der Waals surface area (Å²) in [7, 11) is 0. The third kappa shape index (κ3) is 2.29. The Morgan fingerprint density at radius 2 is 2.19 bits per heavy atom. The predicted octanol–water partition coefficient (Wildman–Crippen LogP) is 2.21. The normalized spacial score (nSPS) is 17.6. The Hall–Kier alpha value is -0.840. The highest BCUT2D eigenvalue weighted by Gasteiger charge is 2.32. The highest BCUT2D eigenvalue weighted by atomic mass is 35.5. The summed E-state index contributed by atoms with van der Waals surface area (Å²) in [5.74, 6) is -0.172. The second-order valence-corrected chi connectivity index (χ2v) is 5.59. The van der Waals surface area contributed by atoms with Crippen molar-refractivity contribution in [2.45, 2.75) is 18.4 Å². The van der Waals surface area contributed by atoms with Crippen molar-refractivity contribution in [3.05, 3.63) is 33.5 Å². The van der Waals surface area contributed by atoms with E-state index >= 15 is 0 Å². The molecule has 0 radical (unpaired) electrons. The zero-order valence-corrected chi connectivity index (χ0v) is 10.1. The number of hydrogen-bond donors (Lipinski definition) is 2. The molecule has 16 heavy (non-hydrogen) atoms. The smallest absolute Gasteiger partial charge is 0.261 e. The lowest BCUT2D eigenvalue weighted by molar-refractivity contribution is 0.0849. The van der Waals surface area contributed by atoms with Gasteiger partial charge in [0.1, 0.15) is 0 Å². The number of hydrogen-bond acceptors (Lipinski definition) is 3. The van der Waals surface area contributed by atoms with Crippen LogP contribution in [0.25, 0.3) is 0 Å². The Morgan fingerprint density at radius 1 is 1.50 bits per heavy atom. The fourth-order valence-electron chi connectivity index (χ4n) is 1.71. The standard InChI is InChI=1S/C11H12ClNO2S/c12-9-4-3-8(16-9)10(15)13-11(7-14)5-1-2-6-11/h1-4,14H,5-7H2,(H,13,15). The van der Waals surface area contributed by atoms with Crippen LogP contribution in [-0.4, -0.2) is 23.2 Å². The summed E-state index contributed by atoms with van der Waals surface area (Å²) in [6, 6.07) is 3.38. The van der Waals surface area contributed by atoms with Crippen molar-refractivity contribution in [3.8, 4) is 0 Å². The third-order valence-electron chi connectivity index (χ3n) is 2.66. The minimum Gasteiger partial charge on any atom is -0.394 e. The molecule has 1 aliphatic carbocycles. The summed E-state index contributed by atoms with van der Waals surface area (Å²) >= 11 is 7.01. The molecule has 5 heteroatoms. The fraction of sp³-hybridized carbons (Fsp3) is 0.364. The number of halogens is 1. The molecule has 0 aromatic carbocycles. The molecule has 3 nitrogen and oxygen atoms in total. The van der Waals surface area contributed by atoms with Crippen molar-refractivity contribution in [1.82, 2.24) is 5.32 Å². The van der Waals surface area contributed by atoms with E-state index in [1.54, 1.807) is 12.1 Å². The molecule has 1 aromatic heterocycles. The lowest BCUT2D eigenvalue weighted by atomic mass is 9.98. The van der Waals surface area contributed by atoms with Crippen LogP contribution in [-0.2, 0) is 0 Å². The van der Waals surface area contributed by atoms with Crippen LogP contribution >= 0.6 is 22.9 Å². The summed E-state index contributed by atoms with van der Waals surface area (Å²) in [5, 5.41) is 12.2. The first-order valence-electron chi connectivity index (χ1n) is 4.99. The van der Waals surface area contributed by atoms with E-state index in [0.717, 1.165) is 0 Å². The molecule has 1 aliphatic rings. The van der Waals surface area contributed by atoms with E-state index in [4.69, 9.17) is 11.6 Å². The molecule has 1 aromatic rings. The number of nitrogens with one attached hydrogen (secondary N) is 1.